The maximum atomic E-state index is 12.3. The van der Waals surface area contributed by atoms with Gasteiger partial charge >= 0.3 is 0 Å². The summed E-state index contributed by atoms with van der Waals surface area (Å²) in [6.45, 7) is 6.04. The number of carbonyl (C=O) groups is 2. The van der Waals surface area contributed by atoms with E-state index < -0.39 is 5.91 Å². The van der Waals surface area contributed by atoms with Crippen LogP contribution in [0.25, 0.3) is 0 Å². The monoisotopic (exact) mass is 372 g/mol. The number of hydrogen-bond donors (Lipinski definition) is 2. The van der Waals surface area contributed by atoms with Gasteiger partial charge in [0, 0.05) is 4.88 Å². The van der Waals surface area contributed by atoms with Crippen LogP contribution >= 0.6 is 11.3 Å². The van der Waals surface area contributed by atoms with E-state index in [-0.39, 0.29) is 12.5 Å². The minimum absolute atomic E-state index is 0.110. The van der Waals surface area contributed by atoms with Crippen LogP contribution in [0.15, 0.2) is 18.2 Å². The van der Waals surface area contributed by atoms with Crippen molar-refractivity contribution in [3.8, 4) is 5.75 Å². The van der Waals surface area contributed by atoms with E-state index in [1.807, 2.05) is 32.0 Å². The summed E-state index contributed by atoms with van der Waals surface area (Å²) in [4.78, 5) is 25.4. The molecule has 1 atom stereocenters. The van der Waals surface area contributed by atoms with Gasteiger partial charge in [-0.15, -0.1) is 11.3 Å². The lowest BCUT2D eigenvalue weighted by molar-refractivity contribution is -0.118. The van der Waals surface area contributed by atoms with Gasteiger partial charge in [-0.2, -0.15) is 0 Å². The highest BCUT2D eigenvalue weighted by Crippen LogP contribution is 2.39. The van der Waals surface area contributed by atoms with E-state index in [0.29, 0.717) is 22.2 Å². The van der Waals surface area contributed by atoms with Crippen molar-refractivity contribution in [2.24, 2.45) is 11.7 Å². The van der Waals surface area contributed by atoms with Crippen molar-refractivity contribution in [3.63, 3.8) is 0 Å². The van der Waals surface area contributed by atoms with Crippen molar-refractivity contribution in [3.05, 3.63) is 45.3 Å². The van der Waals surface area contributed by atoms with Crippen molar-refractivity contribution < 1.29 is 14.3 Å². The summed E-state index contributed by atoms with van der Waals surface area (Å²) < 4.78 is 5.62. The van der Waals surface area contributed by atoms with Crippen molar-refractivity contribution in [1.29, 1.82) is 0 Å². The molecule has 0 bridgehead atoms. The number of aryl methyl sites for hydroxylation is 2. The fourth-order valence-corrected chi connectivity index (χ4v) is 4.80. The van der Waals surface area contributed by atoms with Crippen molar-refractivity contribution in [1.82, 2.24) is 0 Å². The molecule has 2 amide bonds. The van der Waals surface area contributed by atoms with Gasteiger partial charge < -0.3 is 15.8 Å². The third kappa shape index (κ3) is 3.90. The topological polar surface area (TPSA) is 81.4 Å². The van der Waals surface area contributed by atoms with Crippen LogP contribution in [0.3, 0.4) is 0 Å². The van der Waals surface area contributed by atoms with Gasteiger partial charge in [0.2, 0.25) is 0 Å². The van der Waals surface area contributed by atoms with Gasteiger partial charge in [-0.3, -0.25) is 9.59 Å². The predicted octanol–water partition coefficient (Wildman–Crippen LogP) is 3.61. The van der Waals surface area contributed by atoms with Crippen molar-refractivity contribution in [2.45, 2.75) is 40.0 Å². The smallest absolute Gasteiger partial charge is 0.262 e. The van der Waals surface area contributed by atoms with E-state index in [0.717, 1.165) is 40.8 Å². The highest BCUT2D eigenvalue weighted by atomic mass is 32.1. The second kappa shape index (κ2) is 7.50. The molecular weight excluding hydrogens is 348 g/mol. The van der Waals surface area contributed by atoms with E-state index in [1.54, 1.807) is 0 Å². The molecule has 0 saturated heterocycles. The number of thiophene rings is 1. The van der Waals surface area contributed by atoms with E-state index in [1.165, 1.54) is 11.3 Å². The van der Waals surface area contributed by atoms with Crippen LogP contribution in [0, 0.1) is 19.8 Å². The molecule has 5 nitrogen and oxygen atoms in total. The lowest BCUT2D eigenvalue weighted by atomic mass is 9.88. The highest BCUT2D eigenvalue weighted by Gasteiger charge is 2.27. The number of hydrogen-bond acceptors (Lipinski definition) is 4. The number of nitrogens with two attached hydrogens (primary N) is 1. The quantitative estimate of drug-likeness (QED) is 0.841. The molecule has 0 saturated carbocycles. The molecule has 1 heterocycles. The summed E-state index contributed by atoms with van der Waals surface area (Å²) in [5.41, 5.74) is 9.18. The lowest BCUT2D eigenvalue weighted by Gasteiger charge is -2.18. The molecule has 26 heavy (non-hydrogen) atoms. The second-order valence-electron chi connectivity index (χ2n) is 7.03. The summed E-state index contributed by atoms with van der Waals surface area (Å²) >= 11 is 1.46. The predicted molar refractivity (Wildman–Crippen MR) is 104 cm³/mol. The summed E-state index contributed by atoms with van der Waals surface area (Å²) in [5.74, 6) is 0.486. The molecule has 1 aliphatic carbocycles. The fraction of sp³-hybridized carbons (Fsp3) is 0.400. The highest BCUT2D eigenvalue weighted by molar-refractivity contribution is 7.17. The van der Waals surface area contributed by atoms with Crippen LogP contribution in [0.5, 0.6) is 5.75 Å². The summed E-state index contributed by atoms with van der Waals surface area (Å²) in [7, 11) is 0. The third-order valence-corrected chi connectivity index (χ3v) is 5.87. The average molecular weight is 372 g/mol. The molecule has 1 aromatic heterocycles. The lowest BCUT2D eigenvalue weighted by Crippen LogP contribution is -2.23. The summed E-state index contributed by atoms with van der Waals surface area (Å²) in [6.07, 6.45) is 2.79. The number of primary amides is 1. The zero-order valence-corrected chi connectivity index (χ0v) is 16.2. The van der Waals surface area contributed by atoms with Crippen LogP contribution in [0.4, 0.5) is 5.00 Å². The average Bonchev–Trinajstić information content (AvgIpc) is 2.90. The normalized spacial score (nSPS) is 16.0. The van der Waals surface area contributed by atoms with E-state index in [9.17, 15) is 9.59 Å². The van der Waals surface area contributed by atoms with Gasteiger partial charge in [-0.1, -0.05) is 24.6 Å². The fourth-order valence-electron chi connectivity index (χ4n) is 3.37. The molecule has 1 aliphatic rings. The molecule has 138 valence electrons. The van der Waals surface area contributed by atoms with Gasteiger partial charge in [0.15, 0.2) is 6.61 Å². The number of nitrogens with one attached hydrogen (secondary N) is 1. The number of benzene rings is 1. The Kier molecular flexibility index (Phi) is 5.32. The SMILES string of the molecule is Cc1ccc(OCC(=O)Nc2sc3c(c2C(N)=O)CC[C@@H](C)C3)c(C)c1. The van der Waals surface area contributed by atoms with Gasteiger partial charge in [0.05, 0.1) is 5.56 Å². The minimum Gasteiger partial charge on any atom is -0.483 e. The van der Waals surface area contributed by atoms with Gasteiger partial charge in [-0.05, 0) is 56.2 Å². The Morgan fingerprint density at radius 3 is 2.81 bits per heavy atom. The molecular formula is C20H24N2O3S. The zero-order valence-electron chi connectivity index (χ0n) is 15.3. The minimum atomic E-state index is -0.484. The van der Waals surface area contributed by atoms with Crippen LogP contribution in [0.2, 0.25) is 0 Å². The molecule has 6 heteroatoms. The maximum absolute atomic E-state index is 12.3. The first-order chi connectivity index (χ1) is 12.3. The first kappa shape index (κ1) is 18.5. The molecule has 0 radical (unpaired) electrons. The van der Waals surface area contributed by atoms with Crippen LogP contribution in [-0.2, 0) is 17.6 Å². The largest absolute Gasteiger partial charge is 0.483 e. The van der Waals surface area contributed by atoms with Crippen molar-refractivity contribution in [2.75, 3.05) is 11.9 Å². The number of anilines is 1. The maximum Gasteiger partial charge on any atom is 0.262 e. The Balaban J connectivity index is 1.72. The zero-order chi connectivity index (χ0) is 18.8. The van der Waals surface area contributed by atoms with E-state index >= 15 is 0 Å². The number of fused-ring (bicyclic) bond motifs is 1. The first-order valence-electron chi connectivity index (χ1n) is 8.79. The number of amides is 2. The molecule has 0 fully saturated rings. The Bertz CT molecular complexity index is 857. The molecule has 3 N–H and O–H groups in total. The third-order valence-electron chi connectivity index (χ3n) is 4.70. The molecule has 1 aromatic carbocycles. The van der Waals surface area contributed by atoms with Crippen LogP contribution in [-0.4, -0.2) is 18.4 Å². The van der Waals surface area contributed by atoms with Crippen molar-refractivity contribution >= 4 is 28.2 Å². The van der Waals surface area contributed by atoms with E-state index in [2.05, 4.69) is 12.2 Å². The summed E-state index contributed by atoms with van der Waals surface area (Å²) in [6, 6.07) is 5.81. The van der Waals surface area contributed by atoms with Crippen LogP contribution < -0.4 is 15.8 Å². The Morgan fingerprint density at radius 2 is 2.12 bits per heavy atom. The number of rotatable bonds is 5. The van der Waals surface area contributed by atoms with Gasteiger partial charge in [0.1, 0.15) is 10.8 Å². The standard InChI is InChI=1S/C20H24N2O3S/c1-11-5-7-15(13(3)8-11)25-10-17(23)22-20-18(19(21)24)14-6-4-12(2)9-16(14)26-20/h5,7-8,12H,4,6,9-10H2,1-3H3,(H2,21,24)(H,22,23)/t12-/m1/s1. The van der Waals surface area contributed by atoms with Gasteiger partial charge in [-0.25, -0.2) is 0 Å². The molecule has 3 rings (SSSR count). The Hall–Kier alpha value is -2.34. The molecule has 0 aliphatic heterocycles. The summed E-state index contributed by atoms with van der Waals surface area (Å²) in [5, 5.41) is 3.37. The number of ether oxygens (including phenoxy) is 1. The first-order valence-corrected chi connectivity index (χ1v) is 9.61. The molecule has 2 aromatic rings. The number of carbonyl (C=O) groups excluding carboxylic acids is 2. The van der Waals surface area contributed by atoms with Gasteiger partial charge in [0.25, 0.3) is 11.8 Å². The van der Waals surface area contributed by atoms with E-state index in [4.69, 9.17) is 10.5 Å². The molecule has 0 spiro atoms. The second-order valence-corrected chi connectivity index (χ2v) is 8.13. The van der Waals surface area contributed by atoms with Crippen LogP contribution in [0.1, 0.15) is 45.3 Å². The molecule has 0 unspecified atom stereocenters. The Morgan fingerprint density at radius 1 is 1.35 bits per heavy atom. The Labute approximate surface area is 157 Å².